The maximum atomic E-state index is 13.7. The highest BCUT2D eigenvalue weighted by Gasteiger charge is 2.45. The molecule has 131 heavy (non-hydrogen) atoms. The first kappa shape index (κ1) is 101. The molecule has 0 spiro atoms. The Bertz CT molecular complexity index is 5770. The Labute approximate surface area is 741 Å². The van der Waals surface area contributed by atoms with Crippen molar-refractivity contribution in [1.82, 2.24) is 45.7 Å². The zero-order valence-corrected chi connectivity index (χ0v) is 67.6. The summed E-state index contributed by atoms with van der Waals surface area (Å²) in [5.41, 5.74) is -0.789. The normalized spacial score (nSPS) is 12.5. The zero-order valence-electron chi connectivity index (χ0n) is 66.8. The smallest absolute Gasteiger partial charge is 0.406 e. The second-order valence-corrected chi connectivity index (χ2v) is 29.9. The summed E-state index contributed by atoms with van der Waals surface area (Å²) < 4.78 is 263. The predicted molar refractivity (Wildman–Crippen MR) is 453 cm³/mol. The quantitative estimate of drug-likeness (QED) is 0.0263. The molecule has 14 rings (SSSR count). The molecule has 3 heterocycles. The van der Waals surface area contributed by atoms with Crippen LogP contribution in [0.15, 0.2) is 261 Å². The lowest BCUT2D eigenvalue weighted by Gasteiger charge is -2.37. The van der Waals surface area contributed by atoms with Crippen molar-refractivity contribution in [3.63, 3.8) is 0 Å². The van der Waals surface area contributed by atoms with Gasteiger partial charge in [-0.1, -0.05) is 205 Å². The molecular weight excluding hydrogens is 1780 g/mol. The minimum absolute atomic E-state index is 0. The molecule has 0 bridgehead atoms. The number of alkyl halides is 18. The van der Waals surface area contributed by atoms with Crippen molar-refractivity contribution in [3.8, 4) is 34.5 Å². The molecule has 13 aromatic rings. The zero-order chi connectivity index (χ0) is 92.0. The van der Waals surface area contributed by atoms with Crippen LogP contribution in [0.1, 0.15) is 114 Å². The van der Waals surface area contributed by atoms with Gasteiger partial charge in [-0.05, 0) is 162 Å². The molecule has 1 saturated carbocycles. The molecule has 0 unspecified atom stereocenters. The van der Waals surface area contributed by atoms with Crippen LogP contribution in [0.4, 0.5) is 110 Å². The molecular formula is C91H84F18N12O9S. The number of carbonyl (C=O) groups is 3. The highest BCUT2D eigenvalue weighted by atomic mass is 32.1. The van der Waals surface area contributed by atoms with E-state index >= 15 is 0 Å². The van der Waals surface area contributed by atoms with Gasteiger partial charge in [-0.2, -0.15) is 4.98 Å². The molecule has 0 aliphatic heterocycles. The number of para-hydroxylation sites is 2. The van der Waals surface area contributed by atoms with Gasteiger partial charge in [-0.25, -0.2) is 24.4 Å². The van der Waals surface area contributed by atoms with Crippen molar-refractivity contribution >= 4 is 57.5 Å². The van der Waals surface area contributed by atoms with E-state index in [0.717, 1.165) is 96.9 Å². The van der Waals surface area contributed by atoms with Crippen LogP contribution < -0.4 is 60.3 Å². The van der Waals surface area contributed by atoms with Gasteiger partial charge in [0.15, 0.2) is 5.13 Å². The van der Waals surface area contributed by atoms with E-state index in [2.05, 4.69) is 85.5 Å². The molecule has 7 N–H and O–H groups in total. The lowest BCUT2D eigenvalue weighted by Crippen LogP contribution is -2.50. The first-order valence-corrected chi connectivity index (χ1v) is 39.1. The fourth-order valence-electron chi connectivity index (χ4n) is 14.1. The van der Waals surface area contributed by atoms with Gasteiger partial charge in [0.05, 0.1) is 33.3 Å². The number of ether oxygens (including phenoxy) is 6. The minimum Gasteiger partial charge on any atom is -0.406 e. The lowest BCUT2D eigenvalue weighted by atomic mass is 9.77. The van der Waals surface area contributed by atoms with Crippen LogP contribution in [0.5, 0.6) is 34.5 Å². The van der Waals surface area contributed by atoms with Crippen molar-refractivity contribution in [3.05, 3.63) is 327 Å². The number of amides is 6. The second-order valence-electron chi connectivity index (χ2n) is 28.7. The summed E-state index contributed by atoms with van der Waals surface area (Å²) in [5, 5.41) is 23.3. The molecule has 1 aliphatic rings. The van der Waals surface area contributed by atoms with E-state index in [1.165, 1.54) is 84.1 Å². The number of carbonyl (C=O) groups excluding carboxylic acids is 3. The number of benzene rings is 10. The molecule has 1 fully saturated rings. The highest BCUT2D eigenvalue weighted by molar-refractivity contribution is 7.15. The van der Waals surface area contributed by atoms with Crippen molar-refractivity contribution in [2.24, 2.45) is 7.05 Å². The monoisotopic (exact) mass is 1860 g/mol. The van der Waals surface area contributed by atoms with E-state index in [1.807, 2.05) is 6.92 Å². The first-order valence-electron chi connectivity index (χ1n) is 38.3. The van der Waals surface area contributed by atoms with E-state index in [1.54, 1.807) is 134 Å². The number of aromatic nitrogens is 6. The van der Waals surface area contributed by atoms with Crippen LogP contribution in [0.25, 0.3) is 11.0 Å². The lowest BCUT2D eigenvalue weighted by molar-refractivity contribution is -0.275. The average Bonchev–Trinajstić information content (AvgIpc) is 1.38. The molecule has 1 aliphatic carbocycles. The van der Waals surface area contributed by atoms with Crippen LogP contribution in [-0.4, -0.2) is 86.0 Å². The number of fused-ring (bicyclic) bond motifs is 1. The summed E-state index contributed by atoms with van der Waals surface area (Å²) in [6, 6.07) is 59.7. The molecule has 6 amide bonds. The van der Waals surface area contributed by atoms with Crippen LogP contribution in [0, 0.1) is 13.8 Å². The number of nitrogens with one attached hydrogen (secondary N) is 7. The number of H-pyrrole nitrogens is 1. The van der Waals surface area contributed by atoms with Gasteiger partial charge in [0.1, 0.15) is 40.3 Å². The summed E-state index contributed by atoms with van der Waals surface area (Å²) in [7, 11) is 1.68. The molecule has 0 radical (unpaired) electrons. The molecule has 21 nitrogen and oxygen atoms in total. The summed E-state index contributed by atoms with van der Waals surface area (Å²) in [5.74, 6) is -2.62. The SMILES string of the molecule is C.C.C.Cc1nc(NC(=O)NC(Cc2ccccc2)(c2cccc(OC(F)(F)F)c2)c2cccc(OC(F)(F)F)c2)sc1C.Cn1c(NC(=O)NC(Cc2ccccc2)(c2cccc(OC(F)(F)F)c2)c2cccc(OC(F)(F)F)c2)nc2ccccc21.O=C(Nc1n[nH]c(C2CCC2)n1)NC(Cc1ccccc1)(c1cccc(OC(F)(F)F)c1)c1cccc(OC(F)(F)F)c1. The van der Waals surface area contributed by atoms with Gasteiger partial charge >= 0.3 is 56.3 Å². The van der Waals surface area contributed by atoms with Crippen molar-refractivity contribution < 1.29 is 122 Å². The Morgan fingerprint density at radius 1 is 0.382 bits per heavy atom. The molecule has 3 aromatic heterocycles. The third-order valence-corrected chi connectivity index (χ3v) is 20.7. The summed E-state index contributed by atoms with van der Waals surface area (Å²) in [6.45, 7) is 3.57. The summed E-state index contributed by atoms with van der Waals surface area (Å²) in [6.07, 6.45) is -27.4. The number of anilines is 3. The fraction of sp³-hybridized carbons (Fsp3) is 0.242. The summed E-state index contributed by atoms with van der Waals surface area (Å²) in [4.78, 5) is 54.5. The maximum absolute atomic E-state index is 13.7. The van der Waals surface area contributed by atoms with Gasteiger partial charge in [0, 0.05) is 37.1 Å². The molecule has 0 atom stereocenters. The van der Waals surface area contributed by atoms with Gasteiger partial charge in [-0.15, -0.1) is 95.5 Å². The Morgan fingerprint density at radius 3 is 0.962 bits per heavy atom. The number of imidazole rings is 1. The van der Waals surface area contributed by atoms with Crippen LogP contribution in [0.2, 0.25) is 0 Å². The summed E-state index contributed by atoms with van der Waals surface area (Å²) >= 11 is 1.21. The van der Waals surface area contributed by atoms with Gasteiger partial charge in [0.2, 0.25) is 11.9 Å². The first-order chi connectivity index (χ1) is 60.4. The van der Waals surface area contributed by atoms with Crippen molar-refractivity contribution in [1.29, 1.82) is 0 Å². The van der Waals surface area contributed by atoms with E-state index in [0.29, 0.717) is 39.2 Å². The molecule has 10 aromatic carbocycles. The van der Waals surface area contributed by atoms with Gasteiger partial charge in [-0.3, -0.25) is 21.0 Å². The largest absolute Gasteiger partial charge is 0.573 e. The van der Waals surface area contributed by atoms with E-state index in [-0.39, 0.29) is 97.9 Å². The topological polar surface area (TPSA) is 251 Å². The van der Waals surface area contributed by atoms with Crippen LogP contribution in [0.3, 0.4) is 0 Å². The number of hydrogen-bond acceptors (Lipinski definition) is 14. The number of urea groups is 3. The molecule has 694 valence electrons. The van der Waals surface area contributed by atoms with Crippen LogP contribution in [-0.2, 0) is 42.9 Å². The Balaban J connectivity index is 0.000000219. The van der Waals surface area contributed by atoms with Gasteiger partial charge < -0.3 is 48.9 Å². The van der Waals surface area contributed by atoms with E-state index < -0.39 is 107 Å². The maximum Gasteiger partial charge on any atom is 0.573 e. The number of rotatable bonds is 25. The average molecular weight is 1860 g/mol. The number of aromatic amines is 1. The number of thiazole rings is 1. The second kappa shape index (κ2) is 41.9. The van der Waals surface area contributed by atoms with Crippen molar-refractivity contribution in [2.75, 3.05) is 16.0 Å². The molecule has 0 saturated heterocycles. The Morgan fingerprint density at radius 2 is 0.679 bits per heavy atom. The van der Waals surface area contributed by atoms with Crippen LogP contribution >= 0.6 is 11.3 Å². The standard InChI is InChI=1S/C31H24F6N4O3.C29H25F6N5O3.C28H23F6N3O3S.3CH4/c1-41-26-16-6-5-15-25(26)38-27(41)39-28(42)40-29(19-20-9-3-2-4-10-20,21-11-7-13-23(17-21)43-30(32,33)34)22-12-8-14-24(18-22)44-31(35,36)37;30-28(31,32)42-22-13-5-11-20(15-22)27(17-18-7-2-1-3-8-18,21-12-6-14-23(16-21)43-29(33,34)35)38-26(41)37-25-36-24(39-40-25)19-9-4-10-19;1-17-18(2)41-25(35-17)36-24(38)37-26(16-19-8-4-3-5-9-19,20-10-6-12-22(14-20)39-27(29,30)31)21-11-7-13-23(15-21)40-28(32,33)34;;;/h2-18H,19H2,1H3,(H2,38,39,40,42);1-3,5-8,11-16,19H,4,9-10,17H2,(H3,36,37,38,39,40,41);3-15H,16H2,1-2H3,(H2,35,36,37,38);3*1H4. The number of hydrogen-bond donors (Lipinski definition) is 7. The number of nitrogens with zero attached hydrogens (tertiary/aromatic N) is 5. The number of halogens is 18. The Hall–Kier alpha value is -14.2. The van der Waals surface area contributed by atoms with E-state index in [9.17, 15) is 93.4 Å². The fourth-order valence-corrected chi connectivity index (χ4v) is 14.9. The third-order valence-electron chi connectivity index (χ3n) is 19.8. The van der Waals surface area contributed by atoms with Gasteiger partial charge in [0.25, 0.3) is 0 Å². The third kappa shape index (κ3) is 27.9. The highest BCUT2D eigenvalue weighted by Crippen LogP contribution is 2.44. The molecule has 40 heteroatoms. The minimum atomic E-state index is -5.02. The predicted octanol–water partition coefficient (Wildman–Crippen LogP) is 24.6. The van der Waals surface area contributed by atoms with E-state index in [4.69, 9.17) is 0 Å². The Kier molecular flexibility index (Phi) is 32.2. The van der Waals surface area contributed by atoms with Crippen molar-refractivity contribution in [2.45, 2.75) is 135 Å². The number of aryl methyl sites for hydroxylation is 3.